The SMILES string of the molecule is C=CC[C@H](CC(=O)NC1(CO)CCCC1)C(=O)N[C@H](COC(=O)[C@@H](CC=C)NC(=O)OCc1ccccc1)Cc1ccccc1. The summed E-state index contributed by atoms with van der Waals surface area (Å²) in [5.41, 5.74) is 1.07. The lowest BCUT2D eigenvalue weighted by molar-refractivity contribution is -0.147. The van der Waals surface area contributed by atoms with E-state index in [1.165, 1.54) is 6.08 Å². The third-order valence-corrected chi connectivity index (χ3v) is 7.81. The number of hydrogen-bond acceptors (Lipinski definition) is 7. The average molecular weight is 620 g/mol. The molecule has 4 N–H and O–H groups in total. The van der Waals surface area contributed by atoms with Gasteiger partial charge in [-0.2, -0.15) is 0 Å². The molecular weight excluding hydrogens is 574 g/mol. The molecule has 0 bridgehead atoms. The second kappa shape index (κ2) is 18.4. The first-order chi connectivity index (χ1) is 21.8. The van der Waals surface area contributed by atoms with E-state index in [1.54, 1.807) is 6.08 Å². The van der Waals surface area contributed by atoms with Crippen LogP contribution < -0.4 is 16.0 Å². The number of nitrogens with one attached hydrogen (secondary N) is 3. The third-order valence-electron chi connectivity index (χ3n) is 7.81. The Bertz CT molecular complexity index is 1260. The lowest BCUT2D eigenvalue weighted by Gasteiger charge is -2.29. The van der Waals surface area contributed by atoms with Gasteiger partial charge in [-0.3, -0.25) is 9.59 Å². The Kier molecular flexibility index (Phi) is 14.3. The first-order valence-electron chi connectivity index (χ1n) is 15.4. The Morgan fingerprint density at radius 1 is 0.867 bits per heavy atom. The molecule has 1 aliphatic carbocycles. The summed E-state index contributed by atoms with van der Waals surface area (Å²) >= 11 is 0. The van der Waals surface area contributed by atoms with Crippen LogP contribution in [0.5, 0.6) is 0 Å². The molecule has 0 saturated heterocycles. The van der Waals surface area contributed by atoms with E-state index in [1.807, 2.05) is 60.7 Å². The molecule has 1 fully saturated rings. The van der Waals surface area contributed by atoms with Crippen LogP contribution >= 0.6 is 0 Å². The van der Waals surface area contributed by atoms with Crippen LogP contribution in [0.1, 0.15) is 56.1 Å². The number of allylic oxidation sites excluding steroid dienone is 1. The van der Waals surface area contributed by atoms with Crippen molar-refractivity contribution in [2.75, 3.05) is 13.2 Å². The largest absolute Gasteiger partial charge is 0.462 e. The Morgan fingerprint density at radius 2 is 1.49 bits per heavy atom. The number of benzene rings is 2. The van der Waals surface area contributed by atoms with Gasteiger partial charge in [-0.25, -0.2) is 9.59 Å². The lowest BCUT2D eigenvalue weighted by Crippen LogP contribution is -2.50. The number of alkyl carbamates (subject to hydrolysis) is 1. The minimum atomic E-state index is -1.04. The molecule has 242 valence electrons. The highest BCUT2D eigenvalue weighted by molar-refractivity contribution is 5.86. The summed E-state index contributed by atoms with van der Waals surface area (Å²) < 4.78 is 10.8. The van der Waals surface area contributed by atoms with Crippen LogP contribution in [0.15, 0.2) is 86.0 Å². The quantitative estimate of drug-likeness (QED) is 0.145. The number of ether oxygens (including phenoxy) is 2. The van der Waals surface area contributed by atoms with E-state index in [4.69, 9.17) is 9.47 Å². The van der Waals surface area contributed by atoms with Gasteiger partial charge in [-0.15, -0.1) is 13.2 Å². The predicted molar refractivity (Wildman–Crippen MR) is 171 cm³/mol. The van der Waals surface area contributed by atoms with Gasteiger partial charge in [0.05, 0.1) is 24.1 Å². The fourth-order valence-electron chi connectivity index (χ4n) is 5.37. The first kappa shape index (κ1) is 35.0. The molecule has 2 aromatic carbocycles. The predicted octanol–water partition coefficient (Wildman–Crippen LogP) is 4.13. The van der Waals surface area contributed by atoms with Gasteiger partial charge in [0, 0.05) is 6.42 Å². The van der Waals surface area contributed by atoms with Crippen LogP contribution in [-0.4, -0.2) is 59.8 Å². The summed E-state index contributed by atoms with van der Waals surface area (Å²) in [4.78, 5) is 51.9. The van der Waals surface area contributed by atoms with Crippen LogP contribution in [-0.2, 0) is 36.9 Å². The number of aliphatic hydroxyl groups excluding tert-OH is 1. The van der Waals surface area contributed by atoms with Crippen LogP contribution in [0.25, 0.3) is 0 Å². The second-order valence-corrected chi connectivity index (χ2v) is 11.4. The van der Waals surface area contributed by atoms with Crippen molar-refractivity contribution >= 4 is 23.9 Å². The minimum absolute atomic E-state index is 0.0403. The van der Waals surface area contributed by atoms with Crippen LogP contribution in [0.2, 0.25) is 0 Å². The standard InChI is InChI=1S/C35H45N3O7/c1-3-13-28(22-31(40)38-35(25-39)19-11-12-20-35)32(41)36-29(21-26-15-7-5-8-16-26)24-44-33(42)30(14-4-2)37-34(43)45-23-27-17-9-6-10-18-27/h3-10,15-18,28-30,39H,1-2,11-14,19-25H2,(H,36,41)(H,37,43)(H,38,40)/t28-,29+,30-/m1/s1. The Balaban J connectivity index is 1.62. The molecule has 45 heavy (non-hydrogen) atoms. The van der Waals surface area contributed by atoms with E-state index in [0.717, 1.165) is 24.0 Å². The number of hydrogen-bond donors (Lipinski definition) is 4. The number of carbonyl (C=O) groups is 4. The normalized spacial score (nSPS) is 15.5. The molecule has 10 nitrogen and oxygen atoms in total. The van der Waals surface area contributed by atoms with E-state index >= 15 is 0 Å². The van der Waals surface area contributed by atoms with Gasteiger partial charge in [-0.1, -0.05) is 85.7 Å². The zero-order chi connectivity index (χ0) is 32.5. The lowest BCUT2D eigenvalue weighted by atomic mass is 9.95. The number of aliphatic hydroxyl groups is 1. The molecule has 1 saturated carbocycles. The zero-order valence-electron chi connectivity index (χ0n) is 25.7. The second-order valence-electron chi connectivity index (χ2n) is 11.4. The fraction of sp³-hybridized carbons (Fsp3) is 0.429. The molecule has 3 rings (SSSR count). The van der Waals surface area contributed by atoms with Crippen LogP contribution in [0, 0.1) is 5.92 Å². The number of esters is 1. The molecule has 0 spiro atoms. The molecule has 3 atom stereocenters. The number of carbonyl (C=O) groups excluding carboxylic acids is 4. The molecule has 0 heterocycles. The van der Waals surface area contributed by atoms with Gasteiger partial charge < -0.3 is 30.5 Å². The molecule has 3 amide bonds. The van der Waals surface area contributed by atoms with Crippen molar-refractivity contribution in [3.05, 3.63) is 97.1 Å². The summed E-state index contributed by atoms with van der Waals surface area (Å²) in [5.74, 6) is -2.09. The van der Waals surface area contributed by atoms with Gasteiger partial charge in [0.25, 0.3) is 0 Å². The molecule has 10 heteroatoms. The number of rotatable bonds is 18. The van der Waals surface area contributed by atoms with Crippen molar-refractivity contribution in [3.8, 4) is 0 Å². The van der Waals surface area contributed by atoms with Crippen molar-refractivity contribution in [1.82, 2.24) is 16.0 Å². The Labute approximate surface area is 265 Å². The topological polar surface area (TPSA) is 143 Å². The molecule has 0 aromatic heterocycles. The highest BCUT2D eigenvalue weighted by atomic mass is 16.6. The van der Waals surface area contributed by atoms with Crippen molar-refractivity contribution in [2.45, 2.75) is 75.6 Å². The highest BCUT2D eigenvalue weighted by Crippen LogP contribution is 2.29. The average Bonchev–Trinajstić information content (AvgIpc) is 3.51. The molecule has 0 unspecified atom stereocenters. The van der Waals surface area contributed by atoms with Crippen LogP contribution in [0.4, 0.5) is 4.79 Å². The van der Waals surface area contributed by atoms with E-state index in [-0.39, 0.29) is 50.9 Å². The van der Waals surface area contributed by atoms with Crippen molar-refractivity contribution in [2.24, 2.45) is 5.92 Å². The van der Waals surface area contributed by atoms with E-state index < -0.39 is 35.6 Å². The molecule has 0 aliphatic heterocycles. The summed E-state index contributed by atoms with van der Waals surface area (Å²) in [7, 11) is 0. The molecule has 0 radical (unpaired) electrons. The van der Waals surface area contributed by atoms with Gasteiger partial charge in [0.2, 0.25) is 11.8 Å². The fourth-order valence-corrected chi connectivity index (χ4v) is 5.37. The monoisotopic (exact) mass is 619 g/mol. The smallest absolute Gasteiger partial charge is 0.408 e. The van der Waals surface area contributed by atoms with E-state index in [2.05, 4.69) is 29.1 Å². The zero-order valence-corrected chi connectivity index (χ0v) is 25.7. The summed E-state index contributed by atoms with van der Waals surface area (Å²) in [6.45, 7) is 7.13. The Hall–Kier alpha value is -4.44. The highest BCUT2D eigenvalue weighted by Gasteiger charge is 2.35. The van der Waals surface area contributed by atoms with Gasteiger partial charge in [-0.05, 0) is 43.2 Å². The Morgan fingerprint density at radius 3 is 2.09 bits per heavy atom. The molecular formula is C35H45N3O7. The maximum Gasteiger partial charge on any atom is 0.408 e. The van der Waals surface area contributed by atoms with Crippen molar-refractivity contribution in [1.29, 1.82) is 0 Å². The molecule has 2 aromatic rings. The van der Waals surface area contributed by atoms with Crippen molar-refractivity contribution < 1.29 is 33.8 Å². The van der Waals surface area contributed by atoms with Gasteiger partial charge >= 0.3 is 12.1 Å². The minimum Gasteiger partial charge on any atom is -0.462 e. The maximum absolute atomic E-state index is 13.5. The first-order valence-corrected chi connectivity index (χ1v) is 15.4. The number of amides is 3. The van der Waals surface area contributed by atoms with E-state index in [0.29, 0.717) is 19.3 Å². The summed E-state index contributed by atoms with van der Waals surface area (Å²) in [5, 5.41) is 18.3. The third kappa shape index (κ3) is 11.9. The van der Waals surface area contributed by atoms with Crippen LogP contribution in [0.3, 0.4) is 0 Å². The maximum atomic E-state index is 13.5. The van der Waals surface area contributed by atoms with Gasteiger partial charge in [0.1, 0.15) is 19.3 Å². The summed E-state index contributed by atoms with van der Waals surface area (Å²) in [6, 6.07) is 16.9. The molecule has 1 aliphatic rings. The van der Waals surface area contributed by atoms with Crippen molar-refractivity contribution in [3.63, 3.8) is 0 Å². The summed E-state index contributed by atoms with van der Waals surface area (Å²) in [6.07, 6.45) is 6.21. The van der Waals surface area contributed by atoms with E-state index in [9.17, 15) is 24.3 Å². The van der Waals surface area contributed by atoms with Gasteiger partial charge in [0.15, 0.2) is 0 Å².